The van der Waals surface area contributed by atoms with Gasteiger partial charge in [-0.1, -0.05) is 6.42 Å². The molecule has 2 nitrogen and oxygen atoms in total. The Labute approximate surface area is 95.2 Å². The van der Waals surface area contributed by atoms with Crippen molar-refractivity contribution in [1.29, 1.82) is 0 Å². The molecule has 0 bridgehead atoms. The molecular formula is C13H28N2. The highest BCUT2D eigenvalue weighted by atomic mass is 15.2. The molecule has 15 heavy (non-hydrogen) atoms. The van der Waals surface area contributed by atoms with Crippen LogP contribution in [0.15, 0.2) is 0 Å². The van der Waals surface area contributed by atoms with Gasteiger partial charge < -0.3 is 5.73 Å². The second kappa shape index (κ2) is 4.84. The molecule has 1 rings (SSSR count). The maximum atomic E-state index is 6.05. The molecule has 0 spiro atoms. The summed E-state index contributed by atoms with van der Waals surface area (Å²) in [5.41, 5.74) is 6.36. The van der Waals surface area contributed by atoms with Gasteiger partial charge >= 0.3 is 0 Å². The smallest absolute Gasteiger partial charge is 0.0153 e. The number of piperidine rings is 1. The van der Waals surface area contributed by atoms with Gasteiger partial charge in [-0.3, -0.25) is 4.90 Å². The number of hydrogen-bond acceptors (Lipinski definition) is 2. The fourth-order valence-corrected chi connectivity index (χ4v) is 2.29. The van der Waals surface area contributed by atoms with Gasteiger partial charge in [0, 0.05) is 11.1 Å². The van der Waals surface area contributed by atoms with Crippen LogP contribution >= 0.6 is 0 Å². The van der Waals surface area contributed by atoms with E-state index in [1.807, 2.05) is 0 Å². The average Bonchev–Trinajstić information content (AvgIpc) is 2.16. The number of likely N-dealkylation sites (tertiary alicyclic amines) is 1. The van der Waals surface area contributed by atoms with Crippen LogP contribution in [-0.4, -0.2) is 29.1 Å². The van der Waals surface area contributed by atoms with E-state index in [-0.39, 0.29) is 5.54 Å². The Hall–Kier alpha value is -0.0800. The van der Waals surface area contributed by atoms with E-state index in [1.165, 1.54) is 38.8 Å². The Morgan fingerprint density at radius 1 is 0.933 bits per heavy atom. The average molecular weight is 212 g/mol. The standard InChI is InChI=1S/C13H28N2/c1-12(2,14)8-9-13(3,4)15-10-6-5-7-11-15/h5-11,14H2,1-4H3. The molecule has 1 saturated heterocycles. The fraction of sp³-hybridized carbons (Fsp3) is 1.00. The molecule has 1 fully saturated rings. The van der Waals surface area contributed by atoms with Crippen LogP contribution in [-0.2, 0) is 0 Å². The van der Waals surface area contributed by atoms with Crippen molar-refractivity contribution in [2.24, 2.45) is 5.73 Å². The molecule has 2 heteroatoms. The molecule has 1 aliphatic heterocycles. The topological polar surface area (TPSA) is 29.3 Å². The molecule has 0 aliphatic carbocycles. The lowest BCUT2D eigenvalue weighted by molar-refractivity contribution is 0.0815. The molecule has 0 amide bonds. The molecule has 0 aromatic heterocycles. The largest absolute Gasteiger partial charge is 0.326 e. The van der Waals surface area contributed by atoms with Crippen LogP contribution in [0.2, 0.25) is 0 Å². The third-order valence-electron chi connectivity index (χ3n) is 3.59. The van der Waals surface area contributed by atoms with Crippen LogP contribution in [0.1, 0.15) is 59.8 Å². The van der Waals surface area contributed by atoms with Crippen molar-refractivity contribution in [3.8, 4) is 0 Å². The normalized spacial score (nSPS) is 20.6. The zero-order chi connectivity index (χ0) is 11.5. The van der Waals surface area contributed by atoms with Gasteiger partial charge in [-0.25, -0.2) is 0 Å². The number of hydrogen-bond donors (Lipinski definition) is 1. The first kappa shape index (κ1) is 13.0. The van der Waals surface area contributed by atoms with Crippen LogP contribution in [0.4, 0.5) is 0 Å². The number of nitrogens with zero attached hydrogens (tertiary/aromatic N) is 1. The molecule has 1 aliphatic rings. The van der Waals surface area contributed by atoms with Crippen LogP contribution < -0.4 is 5.73 Å². The van der Waals surface area contributed by atoms with Crippen LogP contribution in [0.5, 0.6) is 0 Å². The molecule has 0 aromatic rings. The Bertz CT molecular complexity index is 185. The number of nitrogens with two attached hydrogens (primary N) is 1. The summed E-state index contributed by atoms with van der Waals surface area (Å²) in [6.45, 7) is 11.5. The van der Waals surface area contributed by atoms with Gasteiger partial charge in [0.2, 0.25) is 0 Å². The molecule has 0 radical (unpaired) electrons. The third-order valence-corrected chi connectivity index (χ3v) is 3.59. The van der Waals surface area contributed by atoms with Gasteiger partial charge in [0.1, 0.15) is 0 Å². The summed E-state index contributed by atoms with van der Waals surface area (Å²) < 4.78 is 0. The first-order valence-electron chi connectivity index (χ1n) is 6.35. The van der Waals surface area contributed by atoms with E-state index in [2.05, 4.69) is 32.6 Å². The van der Waals surface area contributed by atoms with Crippen molar-refractivity contribution in [3.63, 3.8) is 0 Å². The maximum absolute atomic E-state index is 6.05. The quantitative estimate of drug-likeness (QED) is 0.776. The summed E-state index contributed by atoms with van der Waals surface area (Å²) in [5.74, 6) is 0. The van der Waals surface area contributed by atoms with Crippen molar-refractivity contribution in [2.75, 3.05) is 13.1 Å². The van der Waals surface area contributed by atoms with E-state index >= 15 is 0 Å². The van der Waals surface area contributed by atoms with Gasteiger partial charge in [0.05, 0.1) is 0 Å². The second-order valence-corrected chi connectivity index (χ2v) is 6.35. The summed E-state index contributed by atoms with van der Waals surface area (Å²) in [6, 6.07) is 0. The fourth-order valence-electron chi connectivity index (χ4n) is 2.29. The predicted molar refractivity (Wildman–Crippen MR) is 67.0 cm³/mol. The minimum absolute atomic E-state index is 0.0208. The Morgan fingerprint density at radius 3 is 1.93 bits per heavy atom. The maximum Gasteiger partial charge on any atom is 0.0153 e. The molecule has 0 saturated carbocycles. The van der Waals surface area contributed by atoms with Crippen molar-refractivity contribution < 1.29 is 0 Å². The van der Waals surface area contributed by atoms with E-state index < -0.39 is 0 Å². The van der Waals surface area contributed by atoms with Crippen LogP contribution in [0.3, 0.4) is 0 Å². The molecule has 0 aromatic carbocycles. The van der Waals surface area contributed by atoms with Crippen molar-refractivity contribution in [3.05, 3.63) is 0 Å². The van der Waals surface area contributed by atoms with E-state index in [1.54, 1.807) is 0 Å². The highest BCUT2D eigenvalue weighted by molar-refractivity contribution is 4.86. The molecule has 1 heterocycles. The zero-order valence-corrected chi connectivity index (χ0v) is 11.0. The monoisotopic (exact) mass is 212 g/mol. The van der Waals surface area contributed by atoms with Gasteiger partial charge in [-0.2, -0.15) is 0 Å². The SMILES string of the molecule is CC(C)(N)CCC(C)(C)N1CCCCC1. The minimum atomic E-state index is -0.0208. The lowest BCUT2D eigenvalue weighted by Crippen LogP contribution is -2.48. The van der Waals surface area contributed by atoms with Crippen molar-refractivity contribution in [2.45, 2.75) is 70.9 Å². The summed E-state index contributed by atoms with van der Waals surface area (Å²) in [7, 11) is 0. The van der Waals surface area contributed by atoms with Crippen molar-refractivity contribution in [1.82, 2.24) is 4.90 Å². The van der Waals surface area contributed by atoms with Gasteiger partial charge in [-0.15, -0.1) is 0 Å². The van der Waals surface area contributed by atoms with E-state index in [0.717, 1.165) is 6.42 Å². The Morgan fingerprint density at radius 2 is 1.47 bits per heavy atom. The zero-order valence-electron chi connectivity index (χ0n) is 11.0. The summed E-state index contributed by atoms with van der Waals surface area (Å²) in [6.07, 6.45) is 6.47. The summed E-state index contributed by atoms with van der Waals surface area (Å²) >= 11 is 0. The first-order chi connectivity index (χ1) is 6.81. The van der Waals surface area contributed by atoms with Gasteiger partial charge in [-0.05, 0) is 66.5 Å². The van der Waals surface area contributed by atoms with Gasteiger partial charge in [0.15, 0.2) is 0 Å². The van der Waals surface area contributed by atoms with Crippen molar-refractivity contribution >= 4 is 0 Å². The molecule has 0 atom stereocenters. The first-order valence-corrected chi connectivity index (χ1v) is 6.35. The van der Waals surface area contributed by atoms with E-state index in [4.69, 9.17) is 5.73 Å². The third kappa shape index (κ3) is 4.52. The van der Waals surface area contributed by atoms with E-state index in [0.29, 0.717) is 5.54 Å². The van der Waals surface area contributed by atoms with E-state index in [9.17, 15) is 0 Å². The highest BCUT2D eigenvalue weighted by Gasteiger charge is 2.29. The molecule has 2 N–H and O–H groups in total. The predicted octanol–water partition coefficient (Wildman–Crippen LogP) is 2.77. The summed E-state index contributed by atoms with van der Waals surface area (Å²) in [4.78, 5) is 2.64. The summed E-state index contributed by atoms with van der Waals surface area (Å²) in [5, 5.41) is 0. The molecule has 0 unspecified atom stereocenters. The Balaban J connectivity index is 2.42. The van der Waals surface area contributed by atoms with Crippen LogP contribution in [0, 0.1) is 0 Å². The molecular weight excluding hydrogens is 184 g/mol. The Kier molecular flexibility index (Phi) is 4.19. The number of rotatable bonds is 4. The lowest BCUT2D eigenvalue weighted by atomic mass is 9.87. The molecule has 90 valence electrons. The van der Waals surface area contributed by atoms with Crippen LogP contribution in [0.25, 0.3) is 0 Å². The lowest BCUT2D eigenvalue weighted by Gasteiger charge is -2.42. The second-order valence-electron chi connectivity index (χ2n) is 6.35. The van der Waals surface area contributed by atoms with Gasteiger partial charge in [0.25, 0.3) is 0 Å². The highest BCUT2D eigenvalue weighted by Crippen LogP contribution is 2.26. The minimum Gasteiger partial charge on any atom is -0.326 e.